The Bertz CT molecular complexity index is 857. The fourth-order valence-electron chi connectivity index (χ4n) is 3.69. The first kappa shape index (κ1) is 25.4. The minimum Gasteiger partial charge on any atom is -0.497 e. The molecule has 2 aromatic rings. The molecule has 5 heteroatoms. The van der Waals surface area contributed by atoms with E-state index in [0.717, 1.165) is 16.9 Å². The molecule has 0 spiro atoms. The zero-order valence-electron chi connectivity index (χ0n) is 20.4. The van der Waals surface area contributed by atoms with Crippen molar-refractivity contribution < 1.29 is 14.3 Å². The SMILES string of the molecule is CC[C@H](C(=O)NC(C)C)N(Cc1ccc(OC)cc1)C(=O)CCc1ccc(C(C)C)cc1. The van der Waals surface area contributed by atoms with Crippen LogP contribution in [0.5, 0.6) is 5.75 Å². The lowest BCUT2D eigenvalue weighted by molar-refractivity contribution is -0.141. The molecule has 0 heterocycles. The molecule has 5 nitrogen and oxygen atoms in total. The van der Waals surface area contributed by atoms with Crippen LogP contribution in [0, 0.1) is 0 Å². The van der Waals surface area contributed by atoms with Crippen LogP contribution in [0.4, 0.5) is 0 Å². The summed E-state index contributed by atoms with van der Waals surface area (Å²) < 4.78 is 5.24. The first-order chi connectivity index (χ1) is 15.2. The van der Waals surface area contributed by atoms with Crippen LogP contribution < -0.4 is 10.1 Å². The lowest BCUT2D eigenvalue weighted by atomic mass is 10.00. The first-order valence-electron chi connectivity index (χ1n) is 11.6. The smallest absolute Gasteiger partial charge is 0.243 e. The van der Waals surface area contributed by atoms with Crippen molar-refractivity contribution in [1.82, 2.24) is 10.2 Å². The largest absolute Gasteiger partial charge is 0.497 e. The predicted octanol–water partition coefficient (Wildman–Crippen LogP) is 5.08. The average molecular weight is 439 g/mol. The van der Waals surface area contributed by atoms with Crippen LogP contribution in [-0.2, 0) is 22.6 Å². The Morgan fingerprint density at radius 1 is 0.938 bits per heavy atom. The van der Waals surface area contributed by atoms with Gasteiger partial charge in [-0.1, -0.05) is 57.2 Å². The van der Waals surface area contributed by atoms with Crippen molar-refractivity contribution in [3.8, 4) is 5.75 Å². The zero-order chi connectivity index (χ0) is 23.7. The maximum atomic E-state index is 13.3. The maximum Gasteiger partial charge on any atom is 0.243 e. The summed E-state index contributed by atoms with van der Waals surface area (Å²) in [5.74, 6) is 1.13. The van der Waals surface area contributed by atoms with E-state index in [0.29, 0.717) is 31.7 Å². The molecule has 0 saturated carbocycles. The summed E-state index contributed by atoms with van der Waals surface area (Å²) in [4.78, 5) is 27.9. The normalized spacial score (nSPS) is 12.0. The summed E-state index contributed by atoms with van der Waals surface area (Å²) in [5.41, 5.74) is 3.39. The molecule has 2 rings (SSSR count). The molecule has 0 saturated heterocycles. The van der Waals surface area contributed by atoms with E-state index < -0.39 is 6.04 Å². The summed E-state index contributed by atoms with van der Waals surface area (Å²) in [5, 5.41) is 2.97. The molecule has 0 aromatic heterocycles. The number of carbonyl (C=O) groups excluding carboxylic acids is 2. The number of carbonyl (C=O) groups is 2. The van der Waals surface area contributed by atoms with E-state index in [1.807, 2.05) is 45.0 Å². The van der Waals surface area contributed by atoms with Crippen molar-refractivity contribution >= 4 is 11.8 Å². The number of hydrogen-bond acceptors (Lipinski definition) is 3. The molecule has 0 aliphatic rings. The van der Waals surface area contributed by atoms with Gasteiger partial charge in [-0.2, -0.15) is 0 Å². The predicted molar refractivity (Wildman–Crippen MR) is 130 cm³/mol. The second-order valence-electron chi connectivity index (χ2n) is 8.85. The molecule has 2 amide bonds. The Hall–Kier alpha value is -2.82. The van der Waals surface area contributed by atoms with E-state index in [1.54, 1.807) is 12.0 Å². The Balaban J connectivity index is 2.18. The van der Waals surface area contributed by atoms with Gasteiger partial charge in [-0.15, -0.1) is 0 Å². The Morgan fingerprint density at radius 3 is 2.03 bits per heavy atom. The van der Waals surface area contributed by atoms with Gasteiger partial charge in [0.1, 0.15) is 11.8 Å². The Kier molecular flexibility index (Phi) is 9.76. The second-order valence-corrected chi connectivity index (χ2v) is 8.85. The van der Waals surface area contributed by atoms with E-state index in [1.165, 1.54) is 5.56 Å². The van der Waals surface area contributed by atoms with E-state index >= 15 is 0 Å². The highest BCUT2D eigenvalue weighted by atomic mass is 16.5. The Labute approximate surface area is 193 Å². The third-order valence-corrected chi connectivity index (χ3v) is 5.60. The zero-order valence-corrected chi connectivity index (χ0v) is 20.4. The van der Waals surface area contributed by atoms with E-state index in [4.69, 9.17) is 4.74 Å². The van der Waals surface area contributed by atoms with Crippen LogP contribution in [0.1, 0.15) is 70.1 Å². The molecule has 0 aliphatic carbocycles. The van der Waals surface area contributed by atoms with Crippen molar-refractivity contribution in [2.75, 3.05) is 7.11 Å². The van der Waals surface area contributed by atoms with E-state index in [9.17, 15) is 9.59 Å². The van der Waals surface area contributed by atoms with Crippen molar-refractivity contribution in [2.45, 2.75) is 78.4 Å². The van der Waals surface area contributed by atoms with Crippen molar-refractivity contribution in [3.63, 3.8) is 0 Å². The number of amides is 2. The molecular formula is C27H38N2O3. The lowest BCUT2D eigenvalue weighted by Crippen LogP contribution is -2.50. The van der Waals surface area contributed by atoms with Gasteiger partial charge in [0, 0.05) is 19.0 Å². The topological polar surface area (TPSA) is 58.6 Å². The van der Waals surface area contributed by atoms with Crippen LogP contribution in [0.15, 0.2) is 48.5 Å². The van der Waals surface area contributed by atoms with Crippen LogP contribution in [0.2, 0.25) is 0 Å². The van der Waals surface area contributed by atoms with E-state index in [2.05, 4.69) is 43.4 Å². The monoisotopic (exact) mass is 438 g/mol. The summed E-state index contributed by atoms with van der Waals surface area (Å²) in [7, 11) is 1.63. The number of hydrogen-bond donors (Lipinski definition) is 1. The molecule has 2 aromatic carbocycles. The molecule has 32 heavy (non-hydrogen) atoms. The standard InChI is InChI=1S/C27H38N2O3/c1-7-25(27(31)28-20(4)5)29(18-22-10-15-24(32-6)16-11-22)26(30)17-12-21-8-13-23(14-9-21)19(2)3/h8-11,13-16,19-20,25H,7,12,17-18H2,1-6H3,(H,28,31)/t25-/m1/s1. The van der Waals surface area contributed by atoms with E-state index in [-0.39, 0.29) is 17.9 Å². The van der Waals surface area contributed by atoms with Gasteiger partial charge in [-0.25, -0.2) is 0 Å². The van der Waals surface area contributed by atoms with Gasteiger partial charge in [0.15, 0.2) is 0 Å². The van der Waals surface area contributed by atoms with Gasteiger partial charge in [0.2, 0.25) is 11.8 Å². The lowest BCUT2D eigenvalue weighted by Gasteiger charge is -2.31. The fraction of sp³-hybridized carbons (Fsp3) is 0.481. The molecule has 0 aliphatic heterocycles. The van der Waals surface area contributed by atoms with Gasteiger partial charge in [-0.05, 0) is 61.4 Å². The fourth-order valence-corrected chi connectivity index (χ4v) is 3.69. The third kappa shape index (κ3) is 7.40. The summed E-state index contributed by atoms with van der Waals surface area (Å²) in [6.07, 6.45) is 1.57. The first-order valence-corrected chi connectivity index (χ1v) is 11.6. The maximum absolute atomic E-state index is 13.3. The van der Waals surface area contributed by atoms with Crippen LogP contribution in [-0.4, -0.2) is 35.9 Å². The molecule has 0 unspecified atom stereocenters. The highest BCUT2D eigenvalue weighted by molar-refractivity contribution is 5.87. The van der Waals surface area contributed by atoms with Crippen LogP contribution >= 0.6 is 0 Å². The highest BCUT2D eigenvalue weighted by Crippen LogP contribution is 2.19. The minimum atomic E-state index is -0.504. The summed E-state index contributed by atoms with van der Waals surface area (Å²) >= 11 is 0. The third-order valence-electron chi connectivity index (χ3n) is 5.60. The minimum absolute atomic E-state index is 0.0143. The Morgan fingerprint density at radius 2 is 1.53 bits per heavy atom. The number of nitrogens with one attached hydrogen (secondary N) is 1. The van der Waals surface area contributed by atoms with Gasteiger partial charge in [-0.3, -0.25) is 9.59 Å². The van der Waals surface area contributed by atoms with Gasteiger partial charge >= 0.3 is 0 Å². The van der Waals surface area contributed by atoms with Crippen molar-refractivity contribution in [2.24, 2.45) is 0 Å². The average Bonchev–Trinajstić information content (AvgIpc) is 2.77. The van der Waals surface area contributed by atoms with Crippen LogP contribution in [0.3, 0.4) is 0 Å². The molecule has 0 radical (unpaired) electrons. The van der Waals surface area contributed by atoms with Crippen LogP contribution in [0.25, 0.3) is 0 Å². The summed E-state index contributed by atoms with van der Waals surface area (Å²) in [6.45, 7) is 10.5. The summed E-state index contributed by atoms with van der Waals surface area (Å²) in [6, 6.07) is 15.6. The molecule has 1 atom stereocenters. The number of aryl methyl sites for hydroxylation is 1. The number of nitrogens with zero attached hydrogens (tertiary/aromatic N) is 1. The highest BCUT2D eigenvalue weighted by Gasteiger charge is 2.28. The number of methoxy groups -OCH3 is 1. The molecule has 0 fully saturated rings. The number of benzene rings is 2. The van der Waals surface area contributed by atoms with Gasteiger partial charge in [0.25, 0.3) is 0 Å². The molecule has 1 N–H and O–H groups in total. The van der Waals surface area contributed by atoms with Crippen molar-refractivity contribution in [3.05, 3.63) is 65.2 Å². The second kappa shape index (κ2) is 12.3. The van der Waals surface area contributed by atoms with Gasteiger partial charge in [0.05, 0.1) is 7.11 Å². The molecular weight excluding hydrogens is 400 g/mol. The molecule has 174 valence electrons. The number of rotatable bonds is 11. The number of ether oxygens (including phenoxy) is 1. The molecule has 0 bridgehead atoms. The van der Waals surface area contributed by atoms with Gasteiger partial charge < -0.3 is 15.0 Å². The quantitative estimate of drug-likeness (QED) is 0.532. The van der Waals surface area contributed by atoms with Crippen molar-refractivity contribution in [1.29, 1.82) is 0 Å².